The molecular formula is C34H24N2. The third kappa shape index (κ3) is 3.23. The standard InChI is InChI=1S/C34H24N2/c1-23-10-9-15-29-28-14-6-5-13-26(28)22-30(33(23)29)24-18-20-27(21-19-24)36-32-17-8-7-16-31(32)35-34(36)25-11-3-2-4-12-25/h2-22H,1H3. The van der Waals surface area contributed by atoms with Crippen LogP contribution in [-0.4, -0.2) is 9.55 Å². The Kier molecular flexibility index (Phi) is 4.71. The van der Waals surface area contributed by atoms with E-state index < -0.39 is 0 Å². The van der Waals surface area contributed by atoms with Crippen LogP contribution in [0.1, 0.15) is 5.56 Å². The topological polar surface area (TPSA) is 17.8 Å². The van der Waals surface area contributed by atoms with Crippen molar-refractivity contribution >= 4 is 32.6 Å². The summed E-state index contributed by atoms with van der Waals surface area (Å²) in [5.74, 6) is 0.955. The SMILES string of the molecule is Cc1cccc2c1c(-c1ccc(-n3c(-c4ccccc4)nc4ccccc43)cc1)cc1ccccc12. The van der Waals surface area contributed by atoms with Gasteiger partial charge in [-0.1, -0.05) is 97.1 Å². The fraction of sp³-hybridized carbons (Fsp3) is 0.0294. The molecule has 0 saturated heterocycles. The molecule has 6 aromatic carbocycles. The molecule has 36 heavy (non-hydrogen) atoms. The zero-order chi connectivity index (χ0) is 24.1. The van der Waals surface area contributed by atoms with Gasteiger partial charge in [0.2, 0.25) is 0 Å². The Morgan fingerprint density at radius 2 is 1.31 bits per heavy atom. The molecule has 0 radical (unpaired) electrons. The average Bonchev–Trinajstić information content (AvgIpc) is 3.33. The van der Waals surface area contributed by atoms with Crippen LogP contribution in [0.2, 0.25) is 0 Å². The minimum absolute atomic E-state index is 0.955. The van der Waals surface area contributed by atoms with Gasteiger partial charge in [-0.15, -0.1) is 0 Å². The van der Waals surface area contributed by atoms with Crippen LogP contribution < -0.4 is 0 Å². The quantitative estimate of drug-likeness (QED) is 0.241. The van der Waals surface area contributed by atoms with Gasteiger partial charge in [0, 0.05) is 11.3 Å². The molecule has 2 heteroatoms. The summed E-state index contributed by atoms with van der Waals surface area (Å²) >= 11 is 0. The highest BCUT2D eigenvalue weighted by atomic mass is 15.1. The number of benzene rings is 6. The van der Waals surface area contributed by atoms with Crippen molar-refractivity contribution in [2.45, 2.75) is 6.92 Å². The molecule has 170 valence electrons. The lowest BCUT2D eigenvalue weighted by atomic mass is 9.91. The van der Waals surface area contributed by atoms with Crippen LogP contribution in [0, 0.1) is 6.92 Å². The molecule has 0 aliphatic carbocycles. The highest BCUT2D eigenvalue weighted by Gasteiger charge is 2.15. The van der Waals surface area contributed by atoms with Crippen LogP contribution in [0.4, 0.5) is 0 Å². The second-order valence-corrected chi connectivity index (χ2v) is 9.32. The van der Waals surface area contributed by atoms with Crippen molar-refractivity contribution in [1.82, 2.24) is 9.55 Å². The third-order valence-corrected chi connectivity index (χ3v) is 7.12. The summed E-state index contributed by atoms with van der Waals surface area (Å²) in [6, 6.07) is 45.3. The maximum Gasteiger partial charge on any atom is 0.145 e. The summed E-state index contributed by atoms with van der Waals surface area (Å²) in [7, 11) is 0. The number of aromatic nitrogens is 2. The fourth-order valence-electron chi connectivity index (χ4n) is 5.43. The van der Waals surface area contributed by atoms with E-state index in [1.807, 2.05) is 12.1 Å². The predicted octanol–water partition coefficient (Wildman–Crippen LogP) is 8.97. The average molecular weight is 461 g/mol. The maximum absolute atomic E-state index is 4.99. The first-order valence-corrected chi connectivity index (χ1v) is 12.3. The Labute approximate surface area is 210 Å². The normalized spacial score (nSPS) is 11.5. The zero-order valence-corrected chi connectivity index (χ0v) is 20.0. The van der Waals surface area contributed by atoms with Crippen LogP contribution >= 0.6 is 0 Å². The Balaban J connectivity index is 1.43. The number of nitrogens with zero attached hydrogens (tertiary/aromatic N) is 2. The number of hydrogen-bond acceptors (Lipinski definition) is 1. The van der Waals surface area contributed by atoms with E-state index in [1.54, 1.807) is 0 Å². The molecule has 0 bridgehead atoms. The van der Waals surface area contributed by atoms with Gasteiger partial charge in [0.05, 0.1) is 11.0 Å². The van der Waals surface area contributed by atoms with Crippen LogP contribution in [0.3, 0.4) is 0 Å². The van der Waals surface area contributed by atoms with Crippen LogP contribution in [0.5, 0.6) is 0 Å². The second kappa shape index (κ2) is 8.21. The molecule has 7 rings (SSSR count). The number of para-hydroxylation sites is 2. The number of imidazole rings is 1. The summed E-state index contributed by atoms with van der Waals surface area (Å²) in [5.41, 5.74) is 8.10. The van der Waals surface area contributed by atoms with E-state index in [0.717, 1.165) is 28.1 Å². The number of aryl methyl sites for hydroxylation is 1. The van der Waals surface area contributed by atoms with Gasteiger partial charge >= 0.3 is 0 Å². The van der Waals surface area contributed by atoms with Gasteiger partial charge < -0.3 is 0 Å². The fourth-order valence-corrected chi connectivity index (χ4v) is 5.43. The molecule has 1 aromatic heterocycles. The molecule has 0 fully saturated rings. The van der Waals surface area contributed by atoms with Crippen molar-refractivity contribution in [2.24, 2.45) is 0 Å². The van der Waals surface area contributed by atoms with Gasteiger partial charge in [0.25, 0.3) is 0 Å². The summed E-state index contributed by atoms with van der Waals surface area (Å²) < 4.78 is 2.26. The highest BCUT2D eigenvalue weighted by Crippen LogP contribution is 2.37. The molecular weight excluding hydrogens is 436 g/mol. The Hall–Kier alpha value is -4.69. The molecule has 1 heterocycles. The molecule has 0 unspecified atom stereocenters. The van der Waals surface area contributed by atoms with E-state index in [9.17, 15) is 0 Å². The van der Waals surface area contributed by atoms with E-state index in [0.29, 0.717) is 0 Å². The molecule has 0 amide bonds. The summed E-state index contributed by atoms with van der Waals surface area (Å²) in [4.78, 5) is 4.99. The van der Waals surface area contributed by atoms with Crippen LogP contribution in [0.25, 0.3) is 60.8 Å². The summed E-state index contributed by atoms with van der Waals surface area (Å²) in [6.07, 6.45) is 0. The zero-order valence-electron chi connectivity index (χ0n) is 20.0. The maximum atomic E-state index is 4.99. The summed E-state index contributed by atoms with van der Waals surface area (Å²) in [5, 5.41) is 5.19. The van der Waals surface area contributed by atoms with Crippen molar-refractivity contribution in [3.05, 3.63) is 133 Å². The van der Waals surface area contributed by atoms with Crippen molar-refractivity contribution in [2.75, 3.05) is 0 Å². The lowest BCUT2D eigenvalue weighted by Crippen LogP contribution is -1.97. The Bertz CT molecular complexity index is 1880. The minimum atomic E-state index is 0.955. The van der Waals surface area contributed by atoms with Crippen molar-refractivity contribution < 1.29 is 0 Å². The molecule has 0 atom stereocenters. The van der Waals surface area contributed by atoms with Gasteiger partial charge in [0.15, 0.2) is 0 Å². The number of fused-ring (bicyclic) bond motifs is 4. The van der Waals surface area contributed by atoms with E-state index >= 15 is 0 Å². The van der Waals surface area contributed by atoms with Gasteiger partial charge in [-0.3, -0.25) is 4.57 Å². The first-order chi connectivity index (χ1) is 17.8. The molecule has 0 saturated carbocycles. The Morgan fingerprint density at radius 3 is 2.17 bits per heavy atom. The van der Waals surface area contributed by atoms with E-state index in [2.05, 4.69) is 127 Å². The van der Waals surface area contributed by atoms with Gasteiger partial charge in [-0.2, -0.15) is 0 Å². The number of rotatable bonds is 3. The number of hydrogen-bond donors (Lipinski definition) is 0. The van der Waals surface area contributed by atoms with Crippen molar-refractivity contribution in [1.29, 1.82) is 0 Å². The second-order valence-electron chi connectivity index (χ2n) is 9.32. The van der Waals surface area contributed by atoms with Crippen LogP contribution in [0.15, 0.2) is 127 Å². The largest absolute Gasteiger partial charge is 0.292 e. The molecule has 2 nitrogen and oxygen atoms in total. The van der Waals surface area contributed by atoms with Gasteiger partial charge in [-0.05, 0) is 75.5 Å². The lowest BCUT2D eigenvalue weighted by molar-refractivity contribution is 1.10. The summed E-state index contributed by atoms with van der Waals surface area (Å²) in [6.45, 7) is 2.21. The predicted molar refractivity (Wildman–Crippen MR) is 152 cm³/mol. The van der Waals surface area contributed by atoms with E-state index in [1.165, 1.54) is 38.2 Å². The van der Waals surface area contributed by atoms with Gasteiger partial charge in [0.1, 0.15) is 5.82 Å². The lowest BCUT2D eigenvalue weighted by Gasteiger charge is -2.15. The molecule has 0 aliphatic heterocycles. The van der Waals surface area contributed by atoms with Crippen LogP contribution in [-0.2, 0) is 0 Å². The van der Waals surface area contributed by atoms with E-state index in [-0.39, 0.29) is 0 Å². The molecule has 0 N–H and O–H groups in total. The van der Waals surface area contributed by atoms with Crippen molar-refractivity contribution in [3.8, 4) is 28.2 Å². The monoisotopic (exact) mass is 460 g/mol. The highest BCUT2D eigenvalue weighted by molar-refractivity contribution is 6.14. The van der Waals surface area contributed by atoms with Gasteiger partial charge in [-0.25, -0.2) is 4.98 Å². The molecule has 0 aliphatic rings. The van der Waals surface area contributed by atoms with Crippen molar-refractivity contribution in [3.63, 3.8) is 0 Å². The molecule has 0 spiro atoms. The minimum Gasteiger partial charge on any atom is -0.292 e. The molecule has 7 aromatic rings. The Morgan fingerprint density at radius 1 is 0.583 bits per heavy atom. The first-order valence-electron chi connectivity index (χ1n) is 12.3. The van der Waals surface area contributed by atoms with E-state index in [4.69, 9.17) is 4.98 Å². The first kappa shape index (κ1) is 20.7. The smallest absolute Gasteiger partial charge is 0.145 e. The third-order valence-electron chi connectivity index (χ3n) is 7.12.